The summed E-state index contributed by atoms with van der Waals surface area (Å²) in [5.41, 5.74) is 8.59. The maximum Gasteiger partial charge on any atom is 0.327 e. The topological polar surface area (TPSA) is 87.1 Å². The van der Waals surface area contributed by atoms with E-state index in [1.54, 1.807) is 6.07 Å². The lowest BCUT2D eigenvalue weighted by Crippen LogP contribution is -2.31. The molecule has 1 atom stereocenters. The molecule has 0 aliphatic heterocycles. The van der Waals surface area contributed by atoms with Crippen molar-refractivity contribution in [1.29, 1.82) is 0 Å². The summed E-state index contributed by atoms with van der Waals surface area (Å²) in [6.07, 6.45) is 0. The molecular formula is C11H12BrFN4O2. The molecule has 0 heterocycles. The molecule has 1 rings (SSSR count). The summed E-state index contributed by atoms with van der Waals surface area (Å²) >= 11 is 3.04. The van der Waals surface area contributed by atoms with Crippen molar-refractivity contribution in [2.75, 3.05) is 20.2 Å². The Kier molecular flexibility index (Phi) is 6.27. The van der Waals surface area contributed by atoms with E-state index in [1.165, 1.54) is 19.2 Å². The van der Waals surface area contributed by atoms with Gasteiger partial charge in [-0.3, -0.25) is 0 Å². The highest BCUT2D eigenvalue weighted by Crippen LogP contribution is 2.21. The molecule has 1 aromatic rings. The fourth-order valence-electron chi connectivity index (χ4n) is 1.45. The largest absolute Gasteiger partial charge is 0.468 e. The van der Waals surface area contributed by atoms with Gasteiger partial charge in [0.15, 0.2) is 0 Å². The van der Waals surface area contributed by atoms with Crippen LogP contribution in [0.4, 0.5) is 4.39 Å². The summed E-state index contributed by atoms with van der Waals surface area (Å²) < 4.78 is 18.4. The molecule has 6 nitrogen and oxygen atoms in total. The van der Waals surface area contributed by atoms with Gasteiger partial charge in [-0.1, -0.05) is 11.2 Å². The number of hydrogen-bond donors (Lipinski definition) is 1. The van der Waals surface area contributed by atoms with Gasteiger partial charge in [-0.15, -0.1) is 0 Å². The molecular weight excluding hydrogens is 319 g/mol. The van der Waals surface area contributed by atoms with Crippen molar-refractivity contribution in [2.24, 2.45) is 5.11 Å². The number of azide groups is 1. The normalized spacial score (nSPS) is 11.5. The lowest BCUT2D eigenvalue weighted by Gasteiger charge is -2.16. The second kappa shape index (κ2) is 7.73. The van der Waals surface area contributed by atoms with Gasteiger partial charge in [0.1, 0.15) is 11.9 Å². The molecule has 0 radical (unpaired) electrons. The van der Waals surface area contributed by atoms with E-state index in [0.717, 1.165) is 0 Å². The van der Waals surface area contributed by atoms with Gasteiger partial charge in [-0.05, 0) is 39.2 Å². The maximum atomic E-state index is 13.5. The first-order chi connectivity index (χ1) is 9.10. The number of carbonyl (C=O) groups is 1. The van der Waals surface area contributed by atoms with E-state index in [9.17, 15) is 9.18 Å². The van der Waals surface area contributed by atoms with E-state index in [-0.39, 0.29) is 13.1 Å². The number of halogens is 2. The van der Waals surface area contributed by atoms with Crippen molar-refractivity contribution in [3.63, 3.8) is 0 Å². The average Bonchev–Trinajstić information content (AvgIpc) is 2.41. The van der Waals surface area contributed by atoms with Gasteiger partial charge < -0.3 is 10.1 Å². The van der Waals surface area contributed by atoms with Crippen LogP contribution in [0.3, 0.4) is 0 Å². The van der Waals surface area contributed by atoms with Crippen LogP contribution < -0.4 is 5.32 Å². The Hall–Kier alpha value is -1.63. The second-order valence-corrected chi connectivity index (χ2v) is 4.39. The molecule has 0 amide bonds. The molecule has 0 saturated carbocycles. The number of nitrogens with one attached hydrogen (secondary N) is 1. The second-order valence-electron chi connectivity index (χ2n) is 3.54. The van der Waals surface area contributed by atoms with Crippen LogP contribution in [0.15, 0.2) is 27.8 Å². The molecule has 0 aliphatic carbocycles. The third kappa shape index (κ3) is 4.51. The van der Waals surface area contributed by atoms with Gasteiger partial charge >= 0.3 is 5.97 Å². The molecule has 0 spiro atoms. The quantitative estimate of drug-likeness (QED) is 0.286. The Morgan fingerprint density at radius 1 is 1.68 bits per heavy atom. The molecule has 1 unspecified atom stereocenters. The van der Waals surface area contributed by atoms with Crippen LogP contribution in [0, 0.1) is 5.82 Å². The van der Waals surface area contributed by atoms with Gasteiger partial charge in [0.2, 0.25) is 0 Å². The van der Waals surface area contributed by atoms with Crippen LogP contribution in [0.1, 0.15) is 11.6 Å². The number of methoxy groups -OCH3 is 1. The summed E-state index contributed by atoms with van der Waals surface area (Å²) in [6, 6.07) is 3.55. The highest BCUT2D eigenvalue weighted by atomic mass is 79.9. The fraction of sp³-hybridized carbons (Fsp3) is 0.364. The van der Waals surface area contributed by atoms with E-state index >= 15 is 0 Å². The van der Waals surface area contributed by atoms with Crippen molar-refractivity contribution in [2.45, 2.75) is 6.04 Å². The predicted octanol–water partition coefficient (Wildman–Crippen LogP) is 2.70. The molecule has 8 heteroatoms. The average molecular weight is 331 g/mol. The number of esters is 1. The van der Waals surface area contributed by atoms with Crippen molar-refractivity contribution in [3.05, 3.63) is 44.5 Å². The maximum absolute atomic E-state index is 13.5. The SMILES string of the molecule is COC(=O)C(NCCN=[N+]=[N-])c1ccc(Br)c(F)c1. The fourth-order valence-corrected chi connectivity index (χ4v) is 1.70. The standard InChI is InChI=1S/C11H12BrFN4O2/c1-19-11(18)10(15-4-5-16-17-14)7-2-3-8(12)9(13)6-7/h2-3,6,10,15H,4-5H2,1H3. The van der Waals surface area contributed by atoms with E-state index in [1.807, 2.05) is 0 Å². The molecule has 0 saturated heterocycles. The Balaban J connectivity index is 2.86. The van der Waals surface area contributed by atoms with Crippen molar-refractivity contribution in [1.82, 2.24) is 5.32 Å². The Morgan fingerprint density at radius 3 is 3.00 bits per heavy atom. The van der Waals surface area contributed by atoms with Crippen LogP contribution >= 0.6 is 15.9 Å². The highest BCUT2D eigenvalue weighted by molar-refractivity contribution is 9.10. The molecule has 1 aromatic carbocycles. The monoisotopic (exact) mass is 330 g/mol. The first-order valence-electron chi connectivity index (χ1n) is 5.37. The summed E-state index contributed by atoms with van der Waals surface area (Å²) in [6.45, 7) is 0.463. The Morgan fingerprint density at radius 2 is 2.42 bits per heavy atom. The zero-order valence-corrected chi connectivity index (χ0v) is 11.7. The van der Waals surface area contributed by atoms with Gasteiger partial charge in [0.25, 0.3) is 0 Å². The van der Waals surface area contributed by atoms with Crippen molar-refractivity contribution in [3.8, 4) is 0 Å². The zero-order valence-electron chi connectivity index (χ0n) is 10.1. The minimum atomic E-state index is -0.804. The third-order valence-corrected chi connectivity index (χ3v) is 2.98. The van der Waals surface area contributed by atoms with Crippen molar-refractivity contribution >= 4 is 21.9 Å². The molecule has 0 fully saturated rings. The van der Waals surface area contributed by atoms with Gasteiger partial charge in [-0.25, -0.2) is 9.18 Å². The Bertz CT molecular complexity index is 505. The third-order valence-electron chi connectivity index (χ3n) is 2.34. The minimum Gasteiger partial charge on any atom is -0.468 e. The molecule has 0 bridgehead atoms. The summed E-state index contributed by atoms with van der Waals surface area (Å²) in [5, 5.41) is 6.19. The van der Waals surface area contributed by atoms with E-state index < -0.39 is 17.8 Å². The number of nitrogens with zero attached hydrogens (tertiary/aromatic N) is 3. The van der Waals surface area contributed by atoms with E-state index in [4.69, 9.17) is 5.53 Å². The van der Waals surface area contributed by atoms with E-state index in [2.05, 4.69) is 36.0 Å². The smallest absolute Gasteiger partial charge is 0.327 e. The summed E-state index contributed by atoms with van der Waals surface area (Å²) in [7, 11) is 1.25. The number of rotatable bonds is 6. The van der Waals surface area contributed by atoms with Gasteiger partial charge in [0.05, 0.1) is 11.6 Å². The van der Waals surface area contributed by atoms with Gasteiger partial charge in [-0.2, -0.15) is 0 Å². The molecule has 102 valence electrons. The molecule has 1 N–H and O–H groups in total. The van der Waals surface area contributed by atoms with Crippen molar-refractivity contribution < 1.29 is 13.9 Å². The predicted molar refractivity (Wildman–Crippen MR) is 70.9 cm³/mol. The minimum absolute atomic E-state index is 0.184. The van der Waals surface area contributed by atoms with Crippen LogP contribution in [-0.4, -0.2) is 26.2 Å². The van der Waals surface area contributed by atoms with Crippen LogP contribution in [-0.2, 0) is 9.53 Å². The lowest BCUT2D eigenvalue weighted by molar-refractivity contribution is -0.143. The molecule has 19 heavy (non-hydrogen) atoms. The molecule has 0 aromatic heterocycles. The number of ether oxygens (including phenoxy) is 1. The number of benzene rings is 1. The lowest BCUT2D eigenvalue weighted by atomic mass is 10.1. The van der Waals surface area contributed by atoms with E-state index in [0.29, 0.717) is 10.0 Å². The summed E-state index contributed by atoms with van der Waals surface area (Å²) in [4.78, 5) is 14.2. The zero-order chi connectivity index (χ0) is 14.3. The van der Waals surface area contributed by atoms with Crippen LogP contribution in [0.2, 0.25) is 0 Å². The summed E-state index contributed by atoms with van der Waals surface area (Å²) in [5.74, 6) is -1.01. The Labute approximate surface area is 117 Å². The first kappa shape index (κ1) is 15.4. The number of hydrogen-bond acceptors (Lipinski definition) is 4. The number of carbonyl (C=O) groups excluding carboxylic acids is 1. The molecule has 0 aliphatic rings. The van der Waals surface area contributed by atoms with Gasteiger partial charge in [0, 0.05) is 18.0 Å². The van der Waals surface area contributed by atoms with Crippen LogP contribution in [0.25, 0.3) is 10.4 Å². The highest BCUT2D eigenvalue weighted by Gasteiger charge is 2.21. The first-order valence-corrected chi connectivity index (χ1v) is 6.16. The van der Waals surface area contributed by atoms with Crippen LogP contribution in [0.5, 0.6) is 0 Å².